The highest BCUT2D eigenvalue weighted by molar-refractivity contribution is 5.92. The predicted octanol–water partition coefficient (Wildman–Crippen LogP) is -1.75. The van der Waals surface area contributed by atoms with Crippen LogP contribution in [-0.4, -0.2) is 107 Å². The number of aliphatic hydroxyl groups is 7. The minimum Gasteiger partial charge on any atom is -0.508 e. The van der Waals surface area contributed by atoms with E-state index >= 15 is 0 Å². The van der Waals surface area contributed by atoms with Crippen molar-refractivity contribution in [2.75, 3.05) is 13.2 Å². The first-order chi connectivity index (χ1) is 19.0. The van der Waals surface area contributed by atoms with Crippen LogP contribution in [0.5, 0.6) is 17.2 Å². The first kappa shape index (κ1) is 28.2. The van der Waals surface area contributed by atoms with Gasteiger partial charge in [-0.2, -0.15) is 0 Å². The molecule has 2 saturated heterocycles. The fourth-order valence-electron chi connectivity index (χ4n) is 5.11. The maximum atomic E-state index is 13.4. The molecule has 0 unspecified atom stereocenters. The van der Waals surface area contributed by atoms with Gasteiger partial charge >= 0.3 is 0 Å². The quantitative estimate of drug-likeness (QED) is 0.169. The van der Waals surface area contributed by atoms with E-state index < -0.39 is 107 Å². The number of aliphatic hydroxyl groups excluding tert-OH is 7. The second-order valence-corrected chi connectivity index (χ2v) is 9.80. The number of hydrogen-bond acceptors (Lipinski definition) is 14. The number of aromatic hydroxyl groups is 3. The van der Waals surface area contributed by atoms with Gasteiger partial charge in [0.2, 0.25) is 0 Å². The minimum absolute atomic E-state index is 0.0710. The van der Waals surface area contributed by atoms with Gasteiger partial charge in [-0.3, -0.25) is 4.79 Å². The second kappa shape index (κ2) is 10.6. The Morgan fingerprint density at radius 3 is 2.08 bits per heavy atom. The van der Waals surface area contributed by atoms with Crippen LogP contribution >= 0.6 is 0 Å². The van der Waals surface area contributed by atoms with Gasteiger partial charge in [0.1, 0.15) is 83.3 Å². The van der Waals surface area contributed by atoms with Gasteiger partial charge in [-0.15, -0.1) is 0 Å². The number of phenols is 3. The Morgan fingerprint density at radius 2 is 1.43 bits per heavy atom. The summed E-state index contributed by atoms with van der Waals surface area (Å²) in [6.45, 7) is -1.34. The van der Waals surface area contributed by atoms with E-state index in [-0.39, 0.29) is 11.5 Å². The van der Waals surface area contributed by atoms with Gasteiger partial charge in [0.05, 0.1) is 24.3 Å². The van der Waals surface area contributed by atoms with Crippen molar-refractivity contribution in [3.63, 3.8) is 0 Å². The van der Waals surface area contributed by atoms with Crippen LogP contribution in [0.15, 0.2) is 39.5 Å². The monoisotopic (exact) mass is 564 g/mol. The van der Waals surface area contributed by atoms with Gasteiger partial charge in [-0.1, -0.05) is 0 Å². The van der Waals surface area contributed by atoms with Crippen LogP contribution < -0.4 is 5.43 Å². The number of hydrogen-bond donors (Lipinski definition) is 10. The predicted molar refractivity (Wildman–Crippen MR) is 132 cm³/mol. The maximum absolute atomic E-state index is 13.4. The van der Waals surface area contributed by atoms with E-state index in [0.717, 1.165) is 6.07 Å². The largest absolute Gasteiger partial charge is 0.508 e. The summed E-state index contributed by atoms with van der Waals surface area (Å²) in [5.41, 5.74) is -2.15. The van der Waals surface area contributed by atoms with E-state index in [1.807, 2.05) is 0 Å². The molecular weight excluding hydrogens is 536 g/mol. The van der Waals surface area contributed by atoms with Crippen LogP contribution in [0.25, 0.3) is 22.3 Å². The van der Waals surface area contributed by atoms with E-state index in [0.29, 0.717) is 5.56 Å². The molecule has 5 rings (SSSR count). The Bertz CT molecular complexity index is 1450. The summed E-state index contributed by atoms with van der Waals surface area (Å²) < 4.78 is 16.9. The standard InChI is InChI=1S/C26H28O14/c27-6-13-18(32)21(35)23(37)26(40-13)15-19(33)14-10(29)5-12(8-1-3-9(28)4-2-8)39-24(14)16(20(15)34)25-22(36)17(31)11(30)7-38-25/h1-5,11,13,17-18,21-23,25-28,30-37H,6-7H2/t11-,13+,17-,18+,21+,22-,23-,25-,26-/m0/s1. The summed E-state index contributed by atoms with van der Waals surface area (Å²) in [6.07, 6.45) is -15.7. The van der Waals surface area contributed by atoms with Crippen LogP contribution in [0.1, 0.15) is 23.3 Å². The van der Waals surface area contributed by atoms with Crippen molar-refractivity contribution in [1.82, 2.24) is 0 Å². The van der Waals surface area contributed by atoms with Crippen molar-refractivity contribution in [3.8, 4) is 28.6 Å². The zero-order chi connectivity index (χ0) is 29.0. The van der Waals surface area contributed by atoms with Crippen molar-refractivity contribution in [2.45, 2.75) is 54.9 Å². The normalized spacial score (nSPS) is 32.8. The van der Waals surface area contributed by atoms with Gasteiger partial charge in [0.25, 0.3) is 0 Å². The zero-order valence-corrected chi connectivity index (χ0v) is 20.6. The van der Waals surface area contributed by atoms with Gasteiger partial charge in [-0.25, -0.2) is 0 Å². The van der Waals surface area contributed by atoms with Crippen LogP contribution in [0.4, 0.5) is 0 Å². The summed E-state index contributed by atoms with van der Waals surface area (Å²) in [6, 6.07) is 6.50. The molecule has 0 aliphatic carbocycles. The van der Waals surface area contributed by atoms with Gasteiger partial charge in [-0.05, 0) is 24.3 Å². The maximum Gasteiger partial charge on any atom is 0.197 e. The fourth-order valence-corrected chi connectivity index (χ4v) is 5.11. The third-order valence-electron chi connectivity index (χ3n) is 7.31. The fraction of sp³-hybridized carbons (Fsp3) is 0.423. The highest BCUT2D eigenvalue weighted by Gasteiger charge is 2.48. The molecule has 1 aromatic heterocycles. The molecule has 2 aromatic carbocycles. The molecule has 3 aromatic rings. The summed E-state index contributed by atoms with van der Waals surface area (Å²) in [4.78, 5) is 13.4. The Hall–Kier alpha value is -3.31. The number of benzene rings is 2. The highest BCUT2D eigenvalue weighted by Crippen LogP contribution is 2.50. The van der Waals surface area contributed by atoms with Crippen molar-refractivity contribution in [3.05, 3.63) is 51.7 Å². The molecule has 2 aliphatic rings. The zero-order valence-electron chi connectivity index (χ0n) is 20.6. The van der Waals surface area contributed by atoms with Crippen molar-refractivity contribution >= 4 is 11.0 Å². The van der Waals surface area contributed by atoms with E-state index in [1.54, 1.807) is 0 Å². The average Bonchev–Trinajstić information content (AvgIpc) is 2.92. The molecule has 3 heterocycles. The van der Waals surface area contributed by atoms with Crippen molar-refractivity contribution in [2.24, 2.45) is 0 Å². The Morgan fingerprint density at radius 1 is 0.775 bits per heavy atom. The summed E-state index contributed by atoms with van der Waals surface area (Å²) in [7, 11) is 0. The lowest BCUT2D eigenvalue weighted by molar-refractivity contribution is -0.232. The van der Waals surface area contributed by atoms with E-state index in [1.165, 1.54) is 24.3 Å². The molecule has 0 amide bonds. The lowest BCUT2D eigenvalue weighted by Crippen LogP contribution is -2.55. The molecule has 10 N–H and O–H groups in total. The highest BCUT2D eigenvalue weighted by atomic mass is 16.5. The smallest absolute Gasteiger partial charge is 0.197 e. The van der Waals surface area contributed by atoms with Gasteiger partial charge < -0.3 is 65.0 Å². The summed E-state index contributed by atoms with van der Waals surface area (Å²) in [5, 5.41) is 104. The first-order valence-electron chi connectivity index (χ1n) is 12.3. The molecule has 0 spiro atoms. The molecule has 0 radical (unpaired) electrons. The first-order valence-corrected chi connectivity index (χ1v) is 12.3. The van der Waals surface area contributed by atoms with E-state index in [2.05, 4.69) is 0 Å². The van der Waals surface area contributed by atoms with E-state index in [4.69, 9.17) is 13.9 Å². The molecule has 0 saturated carbocycles. The molecule has 14 heteroatoms. The van der Waals surface area contributed by atoms with Gasteiger partial charge in [0, 0.05) is 11.6 Å². The molecule has 40 heavy (non-hydrogen) atoms. The van der Waals surface area contributed by atoms with E-state index in [9.17, 15) is 55.9 Å². The molecule has 9 atom stereocenters. The topological polar surface area (TPSA) is 251 Å². The molecule has 0 bridgehead atoms. The average molecular weight is 564 g/mol. The third-order valence-corrected chi connectivity index (χ3v) is 7.31. The third kappa shape index (κ3) is 4.49. The Labute approximate surface area is 224 Å². The van der Waals surface area contributed by atoms with Crippen LogP contribution in [0, 0.1) is 0 Å². The number of fused-ring (bicyclic) bond motifs is 1. The SMILES string of the molecule is O=c1cc(-c2ccc(O)cc2)oc2c([C@@H]3OC[C@H](O)[C@H](O)[C@@H]3O)c(O)c([C@@H]3O[C@H](CO)[C@@H](O)[C@@H](O)[C@@H]3O)c(O)c12. The number of phenolic OH excluding ortho intramolecular Hbond substituents is 3. The number of ether oxygens (including phenoxy) is 2. The Kier molecular flexibility index (Phi) is 7.47. The van der Waals surface area contributed by atoms with Crippen LogP contribution in [0.2, 0.25) is 0 Å². The lowest BCUT2D eigenvalue weighted by atomic mass is 9.85. The van der Waals surface area contributed by atoms with Crippen LogP contribution in [-0.2, 0) is 9.47 Å². The van der Waals surface area contributed by atoms with Crippen molar-refractivity contribution in [1.29, 1.82) is 0 Å². The minimum atomic E-state index is -1.98. The molecule has 216 valence electrons. The summed E-state index contributed by atoms with van der Waals surface area (Å²) >= 11 is 0. The second-order valence-electron chi connectivity index (χ2n) is 9.80. The molecular formula is C26H28O14. The molecule has 14 nitrogen and oxygen atoms in total. The van der Waals surface area contributed by atoms with Crippen molar-refractivity contribution < 1.29 is 65.0 Å². The Balaban J connectivity index is 1.80. The lowest BCUT2D eigenvalue weighted by Gasteiger charge is -2.41. The van der Waals surface area contributed by atoms with Crippen LogP contribution in [0.3, 0.4) is 0 Å². The summed E-state index contributed by atoms with van der Waals surface area (Å²) in [5.74, 6) is -2.01. The molecule has 2 fully saturated rings. The van der Waals surface area contributed by atoms with Gasteiger partial charge in [0.15, 0.2) is 11.0 Å². The number of rotatable bonds is 4. The molecule has 2 aliphatic heterocycles.